The standard InChI is InChI=1S/C24H30Cl2N2O2S/c1-4-17(3)27-24(30)22(5-2)28(16-18-6-8-19(25)9-7-18)23(29)14-15-31-21-12-10-20(26)11-13-21/h6-13,17,22H,4-5,14-16H2,1-3H3,(H,27,30)/t17-,22-/m1/s1. The SMILES string of the molecule is CC[C@@H](C)NC(=O)[C@@H](CC)N(Cc1ccc(Cl)cc1)C(=O)CCSc1ccc(Cl)cc1. The van der Waals surface area contributed by atoms with E-state index in [2.05, 4.69) is 5.32 Å². The first-order chi connectivity index (χ1) is 14.8. The fourth-order valence-corrected chi connectivity index (χ4v) is 4.17. The molecule has 0 aliphatic carbocycles. The van der Waals surface area contributed by atoms with Gasteiger partial charge in [0.2, 0.25) is 11.8 Å². The van der Waals surface area contributed by atoms with Gasteiger partial charge in [0.05, 0.1) is 0 Å². The van der Waals surface area contributed by atoms with Crippen LogP contribution in [0.3, 0.4) is 0 Å². The molecule has 2 atom stereocenters. The number of thioether (sulfide) groups is 1. The van der Waals surface area contributed by atoms with E-state index in [0.29, 0.717) is 35.2 Å². The van der Waals surface area contributed by atoms with Crippen LogP contribution in [0, 0.1) is 0 Å². The van der Waals surface area contributed by atoms with Crippen LogP contribution in [0.2, 0.25) is 10.0 Å². The minimum atomic E-state index is -0.516. The minimum absolute atomic E-state index is 0.0393. The first-order valence-electron chi connectivity index (χ1n) is 10.6. The Morgan fingerprint density at radius 2 is 1.55 bits per heavy atom. The second-order valence-electron chi connectivity index (χ2n) is 7.44. The highest BCUT2D eigenvalue weighted by molar-refractivity contribution is 7.99. The van der Waals surface area contributed by atoms with E-state index < -0.39 is 6.04 Å². The summed E-state index contributed by atoms with van der Waals surface area (Å²) in [7, 11) is 0. The summed E-state index contributed by atoms with van der Waals surface area (Å²) in [6.07, 6.45) is 1.73. The van der Waals surface area contributed by atoms with Gasteiger partial charge in [-0.1, -0.05) is 49.2 Å². The molecule has 2 amide bonds. The molecule has 0 saturated heterocycles. The molecule has 0 bridgehead atoms. The van der Waals surface area contributed by atoms with Gasteiger partial charge in [-0.15, -0.1) is 11.8 Å². The molecular weight excluding hydrogens is 451 g/mol. The van der Waals surface area contributed by atoms with Crippen molar-refractivity contribution in [2.24, 2.45) is 0 Å². The summed E-state index contributed by atoms with van der Waals surface area (Å²) in [5.41, 5.74) is 0.942. The predicted molar refractivity (Wildman–Crippen MR) is 131 cm³/mol. The molecule has 168 valence electrons. The molecule has 0 aliphatic rings. The number of benzene rings is 2. The Bertz CT molecular complexity index is 844. The number of nitrogens with zero attached hydrogens (tertiary/aromatic N) is 1. The third-order valence-electron chi connectivity index (χ3n) is 5.05. The van der Waals surface area contributed by atoms with Crippen LogP contribution in [0.1, 0.15) is 45.6 Å². The van der Waals surface area contributed by atoms with E-state index in [-0.39, 0.29) is 17.9 Å². The third kappa shape index (κ3) is 8.40. The average molecular weight is 481 g/mol. The van der Waals surface area contributed by atoms with Gasteiger partial charge in [0.15, 0.2) is 0 Å². The highest BCUT2D eigenvalue weighted by Crippen LogP contribution is 2.22. The molecule has 7 heteroatoms. The molecular formula is C24H30Cl2N2O2S. The lowest BCUT2D eigenvalue weighted by molar-refractivity contribution is -0.141. The summed E-state index contributed by atoms with van der Waals surface area (Å²) >= 11 is 13.5. The second-order valence-corrected chi connectivity index (χ2v) is 9.48. The van der Waals surface area contributed by atoms with Crippen molar-refractivity contribution in [3.8, 4) is 0 Å². The van der Waals surface area contributed by atoms with Gasteiger partial charge in [-0.05, 0) is 61.7 Å². The van der Waals surface area contributed by atoms with Crippen molar-refractivity contribution in [3.05, 3.63) is 64.1 Å². The number of carbonyl (C=O) groups excluding carboxylic acids is 2. The molecule has 0 unspecified atom stereocenters. The quantitative estimate of drug-likeness (QED) is 0.389. The van der Waals surface area contributed by atoms with Crippen molar-refractivity contribution in [1.82, 2.24) is 10.2 Å². The van der Waals surface area contributed by atoms with Gasteiger partial charge in [0, 0.05) is 39.7 Å². The number of halogens is 2. The van der Waals surface area contributed by atoms with Crippen molar-refractivity contribution in [2.45, 2.75) is 63.6 Å². The van der Waals surface area contributed by atoms with Crippen molar-refractivity contribution < 1.29 is 9.59 Å². The van der Waals surface area contributed by atoms with E-state index in [1.165, 1.54) is 0 Å². The van der Waals surface area contributed by atoms with Crippen molar-refractivity contribution in [1.29, 1.82) is 0 Å². The Kier molecular flexibility index (Phi) is 10.7. The molecule has 0 radical (unpaired) electrons. The molecule has 4 nitrogen and oxygen atoms in total. The fourth-order valence-electron chi connectivity index (χ4n) is 3.08. The summed E-state index contributed by atoms with van der Waals surface area (Å²) < 4.78 is 0. The molecule has 0 spiro atoms. The average Bonchev–Trinajstić information content (AvgIpc) is 2.76. The summed E-state index contributed by atoms with van der Waals surface area (Å²) in [5, 5.41) is 4.36. The molecule has 2 aromatic carbocycles. The van der Waals surface area contributed by atoms with Crippen molar-refractivity contribution >= 4 is 46.8 Å². The van der Waals surface area contributed by atoms with Crippen LogP contribution in [-0.2, 0) is 16.1 Å². The Morgan fingerprint density at radius 1 is 0.968 bits per heavy atom. The van der Waals surface area contributed by atoms with Gasteiger partial charge in [-0.2, -0.15) is 0 Å². The molecule has 31 heavy (non-hydrogen) atoms. The van der Waals surface area contributed by atoms with Crippen molar-refractivity contribution in [3.63, 3.8) is 0 Å². The van der Waals surface area contributed by atoms with Gasteiger partial charge < -0.3 is 10.2 Å². The van der Waals surface area contributed by atoms with Crippen LogP contribution in [0.25, 0.3) is 0 Å². The van der Waals surface area contributed by atoms with Crippen molar-refractivity contribution in [2.75, 3.05) is 5.75 Å². The normalized spacial score (nSPS) is 12.8. The summed E-state index contributed by atoms with van der Waals surface area (Å²) in [6, 6.07) is 14.5. The molecule has 0 aromatic heterocycles. The molecule has 0 saturated carbocycles. The lowest BCUT2D eigenvalue weighted by Crippen LogP contribution is -2.50. The lowest BCUT2D eigenvalue weighted by atomic mass is 10.1. The Labute approximate surface area is 199 Å². The Hall–Kier alpha value is -1.69. The van der Waals surface area contributed by atoms with Gasteiger partial charge in [-0.25, -0.2) is 0 Å². The van der Waals surface area contributed by atoms with Gasteiger partial charge in [0.25, 0.3) is 0 Å². The molecule has 2 rings (SSSR count). The molecule has 0 aliphatic heterocycles. The number of hydrogen-bond donors (Lipinski definition) is 1. The van der Waals surface area contributed by atoms with E-state index in [0.717, 1.165) is 16.9 Å². The van der Waals surface area contributed by atoms with E-state index in [4.69, 9.17) is 23.2 Å². The maximum absolute atomic E-state index is 13.2. The van der Waals surface area contributed by atoms with Crippen LogP contribution in [0.4, 0.5) is 0 Å². The first kappa shape index (κ1) is 25.6. The van der Waals surface area contributed by atoms with Crippen LogP contribution in [0.5, 0.6) is 0 Å². The number of rotatable bonds is 11. The maximum atomic E-state index is 13.2. The molecule has 0 heterocycles. The van der Waals surface area contributed by atoms with Crippen LogP contribution in [-0.4, -0.2) is 34.6 Å². The van der Waals surface area contributed by atoms with Crippen LogP contribution < -0.4 is 5.32 Å². The first-order valence-corrected chi connectivity index (χ1v) is 12.3. The molecule has 2 aromatic rings. The summed E-state index contributed by atoms with van der Waals surface area (Å²) in [5.74, 6) is 0.480. The lowest BCUT2D eigenvalue weighted by Gasteiger charge is -2.31. The largest absolute Gasteiger partial charge is 0.352 e. The van der Waals surface area contributed by atoms with Crippen LogP contribution in [0.15, 0.2) is 53.4 Å². The number of hydrogen-bond acceptors (Lipinski definition) is 3. The molecule has 1 N–H and O–H groups in total. The second kappa shape index (κ2) is 13.0. The summed E-state index contributed by atoms with van der Waals surface area (Å²) in [4.78, 5) is 28.9. The zero-order valence-electron chi connectivity index (χ0n) is 18.2. The van der Waals surface area contributed by atoms with Gasteiger partial charge in [-0.3, -0.25) is 9.59 Å². The number of carbonyl (C=O) groups is 2. The van der Waals surface area contributed by atoms with E-state index >= 15 is 0 Å². The Balaban J connectivity index is 2.12. The highest BCUT2D eigenvalue weighted by Gasteiger charge is 2.28. The molecule has 0 fully saturated rings. The van der Waals surface area contributed by atoms with Gasteiger partial charge >= 0.3 is 0 Å². The maximum Gasteiger partial charge on any atom is 0.243 e. The number of nitrogens with one attached hydrogen (secondary N) is 1. The zero-order chi connectivity index (χ0) is 22.8. The monoisotopic (exact) mass is 480 g/mol. The highest BCUT2D eigenvalue weighted by atomic mass is 35.5. The predicted octanol–water partition coefficient (Wildman–Crippen LogP) is 6.20. The third-order valence-corrected chi connectivity index (χ3v) is 6.57. The van der Waals surface area contributed by atoms with E-state index in [1.807, 2.05) is 57.2 Å². The van der Waals surface area contributed by atoms with Gasteiger partial charge in [0.1, 0.15) is 6.04 Å². The van der Waals surface area contributed by atoms with E-state index in [1.54, 1.807) is 28.8 Å². The number of amides is 2. The minimum Gasteiger partial charge on any atom is -0.352 e. The smallest absolute Gasteiger partial charge is 0.243 e. The Morgan fingerprint density at radius 3 is 2.10 bits per heavy atom. The zero-order valence-corrected chi connectivity index (χ0v) is 20.6. The van der Waals surface area contributed by atoms with E-state index in [9.17, 15) is 9.59 Å². The summed E-state index contributed by atoms with van der Waals surface area (Å²) in [6.45, 7) is 6.30. The van der Waals surface area contributed by atoms with Crippen LogP contribution >= 0.6 is 35.0 Å². The fraction of sp³-hybridized carbons (Fsp3) is 0.417. The topological polar surface area (TPSA) is 49.4 Å².